The topological polar surface area (TPSA) is 77.6 Å². The Morgan fingerprint density at radius 3 is 2.63 bits per heavy atom. The second-order valence-corrected chi connectivity index (χ2v) is 7.17. The fourth-order valence-electron chi connectivity index (χ4n) is 3.15. The molecule has 0 bridgehead atoms. The highest BCUT2D eigenvalue weighted by molar-refractivity contribution is 6.30. The van der Waals surface area contributed by atoms with Crippen molar-refractivity contribution in [3.63, 3.8) is 0 Å². The van der Waals surface area contributed by atoms with Gasteiger partial charge in [0.05, 0.1) is 5.69 Å². The molecule has 1 unspecified atom stereocenters. The number of hydrogen-bond acceptors (Lipinski definition) is 4. The molecule has 30 heavy (non-hydrogen) atoms. The number of benzene rings is 2. The number of halogens is 2. The smallest absolute Gasteiger partial charge is 0.291 e. The van der Waals surface area contributed by atoms with Crippen LogP contribution in [-0.2, 0) is 7.05 Å². The molecule has 0 saturated carbocycles. The zero-order valence-corrected chi connectivity index (χ0v) is 17.0. The minimum atomic E-state index is -0.670. The number of carbonyl (C=O) groups is 1. The largest absolute Gasteiger partial charge is 0.336 e. The lowest BCUT2D eigenvalue weighted by molar-refractivity contribution is 0.0930. The molecule has 0 aliphatic carbocycles. The summed E-state index contributed by atoms with van der Waals surface area (Å²) in [5.74, 6) is 0.202. The second-order valence-electron chi connectivity index (χ2n) is 6.73. The van der Waals surface area contributed by atoms with Crippen LogP contribution in [0.2, 0.25) is 5.02 Å². The summed E-state index contributed by atoms with van der Waals surface area (Å²) in [4.78, 5) is 21.6. The Kier molecular flexibility index (Phi) is 5.33. The number of rotatable bonds is 5. The molecule has 0 aliphatic heterocycles. The summed E-state index contributed by atoms with van der Waals surface area (Å²) in [7, 11) is 1.80. The van der Waals surface area contributed by atoms with Crippen LogP contribution in [0.25, 0.3) is 5.69 Å². The summed E-state index contributed by atoms with van der Waals surface area (Å²) < 4.78 is 17.1. The fourth-order valence-corrected chi connectivity index (χ4v) is 3.27. The van der Waals surface area contributed by atoms with Crippen LogP contribution in [0.5, 0.6) is 0 Å². The third-order valence-corrected chi connectivity index (χ3v) is 4.87. The Balaban J connectivity index is 1.66. The van der Waals surface area contributed by atoms with Gasteiger partial charge in [0.25, 0.3) is 5.91 Å². The van der Waals surface area contributed by atoms with E-state index >= 15 is 0 Å². The van der Waals surface area contributed by atoms with Crippen molar-refractivity contribution in [3.8, 4) is 5.69 Å². The maximum absolute atomic E-state index is 13.8. The number of aromatic nitrogens is 5. The van der Waals surface area contributed by atoms with E-state index in [0.29, 0.717) is 22.2 Å². The predicted molar refractivity (Wildman–Crippen MR) is 110 cm³/mol. The van der Waals surface area contributed by atoms with Gasteiger partial charge in [-0.15, -0.1) is 5.10 Å². The van der Waals surface area contributed by atoms with Gasteiger partial charge in [0, 0.05) is 24.5 Å². The van der Waals surface area contributed by atoms with Gasteiger partial charge in [-0.3, -0.25) is 4.79 Å². The third-order valence-electron chi connectivity index (χ3n) is 4.62. The Labute approximate surface area is 177 Å². The molecule has 0 fully saturated rings. The first-order valence-corrected chi connectivity index (χ1v) is 9.53. The third kappa shape index (κ3) is 3.95. The molecule has 0 radical (unpaired) electrons. The number of imidazole rings is 1. The number of carbonyl (C=O) groups excluding carboxylic acids is 1. The average Bonchev–Trinajstić information content (AvgIpc) is 3.32. The van der Waals surface area contributed by atoms with Crippen molar-refractivity contribution >= 4 is 17.5 Å². The highest BCUT2D eigenvalue weighted by atomic mass is 35.5. The molecule has 0 saturated heterocycles. The molecule has 2 heterocycles. The molecule has 1 N–H and O–H groups in total. The van der Waals surface area contributed by atoms with Crippen LogP contribution >= 0.6 is 11.6 Å². The highest BCUT2D eigenvalue weighted by Gasteiger charge is 2.24. The lowest BCUT2D eigenvalue weighted by Crippen LogP contribution is -2.32. The lowest BCUT2D eigenvalue weighted by atomic mass is 10.1. The minimum Gasteiger partial charge on any atom is -0.336 e. The van der Waals surface area contributed by atoms with E-state index in [1.807, 2.05) is 0 Å². The van der Waals surface area contributed by atoms with E-state index in [2.05, 4.69) is 20.4 Å². The number of amides is 1. The van der Waals surface area contributed by atoms with Crippen LogP contribution in [0.1, 0.15) is 33.9 Å². The predicted octanol–water partition coefficient (Wildman–Crippen LogP) is 3.62. The molecule has 4 aromatic rings. The Bertz CT molecular complexity index is 1200. The van der Waals surface area contributed by atoms with E-state index < -0.39 is 17.8 Å². The van der Waals surface area contributed by atoms with Crippen molar-refractivity contribution < 1.29 is 9.18 Å². The van der Waals surface area contributed by atoms with Crippen molar-refractivity contribution in [3.05, 3.63) is 94.8 Å². The molecule has 7 nitrogen and oxygen atoms in total. The second kappa shape index (κ2) is 8.08. The zero-order valence-electron chi connectivity index (χ0n) is 16.3. The van der Waals surface area contributed by atoms with Gasteiger partial charge in [-0.05, 0) is 48.9 Å². The van der Waals surface area contributed by atoms with Crippen LogP contribution in [0.4, 0.5) is 4.39 Å². The molecular weight excluding hydrogens is 407 g/mol. The van der Waals surface area contributed by atoms with Gasteiger partial charge in [0.15, 0.2) is 0 Å². The molecule has 0 spiro atoms. The molecule has 4 rings (SSSR count). The van der Waals surface area contributed by atoms with Crippen molar-refractivity contribution in [1.82, 2.24) is 29.6 Å². The zero-order chi connectivity index (χ0) is 21.3. The summed E-state index contributed by atoms with van der Waals surface area (Å²) in [6, 6.07) is 12.4. The maximum atomic E-state index is 13.8. The lowest BCUT2D eigenvalue weighted by Gasteiger charge is -2.18. The van der Waals surface area contributed by atoms with Crippen LogP contribution in [0.3, 0.4) is 0 Å². The van der Waals surface area contributed by atoms with Gasteiger partial charge in [-0.25, -0.2) is 19.0 Å². The van der Waals surface area contributed by atoms with Gasteiger partial charge < -0.3 is 9.88 Å². The summed E-state index contributed by atoms with van der Waals surface area (Å²) in [6.45, 7) is 1.75. The van der Waals surface area contributed by atoms with Gasteiger partial charge in [0.1, 0.15) is 23.5 Å². The molecule has 2 aromatic heterocycles. The number of nitrogens with one attached hydrogen (secondary N) is 1. The Morgan fingerprint density at radius 1 is 1.20 bits per heavy atom. The molecule has 152 valence electrons. The molecule has 2 aromatic carbocycles. The first-order valence-electron chi connectivity index (χ1n) is 9.15. The molecule has 0 aliphatic rings. The first-order chi connectivity index (χ1) is 14.4. The quantitative estimate of drug-likeness (QED) is 0.530. The van der Waals surface area contributed by atoms with Crippen molar-refractivity contribution in [2.45, 2.75) is 13.0 Å². The van der Waals surface area contributed by atoms with E-state index in [1.165, 1.54) is 12.1 Å². The van der Waals surface area contributed by atoms with Crippen LogP contribution in [0, 0.1) is 12.7 Å². The van der Waals surface area contributed by atoms with Crippen molar-refractivity contribution in [1.29, 1.82) is 0 Å². The van der Waals surface area contributed by atoms with E-state index in [9.17, 15) is 9.18 Å². The van der Waals surface area contributed by atoms with Gasteiger partial charge in [-0.2, -0.15) is 0 Å². The van der Waals surface area contributed by atoms with E-state index in [4.69, 9.17) is 11.6 Å². The SMILES string of the molecule is Cc1nc(C(=O)NC(c2cccc(F)c2)c2nccn2C)nn1-c1ccc(Cl)cc1. The number of nitrogens with zero attached hydrogens (tertiary/aromatic N) is 5. The van der Waals surface area contributed by atoms with Crippen LogP contribution in [-0.4, -0.2) is 30.2 Å². The molecular formula is C21H18ClFN6O. The van der Waals surface area contributed by atoms with E-state index in [0.717, 1.165) is 5.69 Å². The van der Waals surface area contributed by atoms with Gasteiger partial charge in [0.2, 0.25) is 5.82 Å². The average molecular weight is 425 g/mol. The van der Waals surface area contributed by atoms with Crippen LogP contribution < -0.4 is 5.32 Å². The van der Waals surface area contributed by atoms with Gasteiger partial charge in [-0.1, -0.05) is 23.7 Å². The first kappa shape index (κ1) is 19.8. The standard InChI is InChI=1S/C21H18ClFN6O/c1-13-25-19(27-29(13)17-8-6-15(22)7-9-17)21(30)26-18(20-24-10-11-28(20)2)14-4-3-5-16(23)12-14/h3-12,18H,1-2H3,(H,26,30). The summed E-state index contributed by atoms with van der Waals surface area (Å²) in [5, 5.41) is 7.80. The van der Waals surface area contributed by atoms with Gasteiger partial charge >= 0.3 is 0 Å². The Hall–Kier alpha value is -3.52. The highest BCUT2D eigenvalue weighted by Crippen LogP contribution is 2.22. The van der Waals surface area contributed by atoms with Crippen molar-refractivity contribution in [2.75, 3.05) is 0 Å². The number of hydrogen-bond donors (Lipinski definition) is 1. The minimum absolute atomic E-state index is 0.00179. The van der Waals surface area contributed by atoms with E-state index in [1.54, 1.807) is 72.0 Å². The van der Waals surface area contributed by atoms with Crippen molar-refractivity contribution in [2.24, 2.45) is 7.05 Å². The molecule has 1 atom stereocenters. The summed E-state index contributed by atoms with van der Waals surface area (Å²) in [5.41, 5.74) is 1.29. The molecule has 9 heteroatoms. The Morgan fingerprint density at radius 2 is 1.97 bits per heavy atom. The number of aryl methyl sites for hydroxylation is 2. The normalized spacial score (nSPS) is 12.0. The fraction of sp³-hybridized carbons (Fsp3) is 0.143. The monoisotopic (exact) mass is 424 g/mol. The van der Waals surface area contributed by atoms with E-state index in [-0.39, 0.29) is 5.82 Å². The maximum Gasteiger partial charge on any atom is 0.291 e. The summed E-state index contributed by atoms with van der Waals surface area (Å²) >= 11 is 5.94. The van der Waals surface area contributed by atoms with Crippen LogP contribution in [0.15, 0.2) is 60.9 Å². The summed E-state index contributed by atoms with van der Waals surface area (Å²) in [6.07, 6.45) is 3.37. The molecule has 1 amide bonds.